The second-order valence-electron chi connectivity index (χ2n) is 8.93. The summed E-state index contributed by atoms with van der Waals surface area (Å²) in [5.74, 6) is 0.796. The summed E-state index contributed by atoms with van der Waals surface area (Å²) in [5.41, 5.74) is 10.8. The average Bonchev–Trinajstić information content (AvgIpc) is 3.53. The molecule has 8 heteroatoms. The number of likely N-dealkylation sites (tertiary alicyclic amines) is 2. The molecule has 1 amide bonds. The van der Waals surface area contributed by atoms with E-state index in [0.717, 1.165) is 47.6 Å². The number of amides is 1. The number of hydrazine groups is 1. The van der Waals surface area contributed by atoms with Crippen molar-refractivity contribution in [3.63, 3.8) is 0 Å². The molecule has 1 aromatic heterocycles. The summed E-state index contributed by atoms with van der Waals surface area (Å²) in [6.07, 6.45) is 1.06. The van der Waals surface area contributed by atoms with E-state index in [2.05, 4.69) is 22.8 Å². The van der Waals surface area contributed by atoms with Gasteiger partial charge in [0.05, 0.1) is 16.3 Å². The molecule has 2 atom stereocenters. The van der Waals surface area contributed by atoms with Crippen molar-refractivity contribution in [2.75, 3.05) is 25.6 Å². The number of aromatic nitrogens is 2. The molecule has 168 valence electrons. The highest BCUT2D eigenvalue weighted by Gasteiger charge is 2.43. The minimum Gasteiger partial charge on any atom is -0.335 e. The molecule has 0 saturated carbocycles. The van der Waals surface area contributed by atoms with E-state index in [1.165, 1.54) is 0 Å². The predicted octanol–water partition coefficient (Wildman–Crippen LogP) is 3.46. The Morgan fingerprint density at radius 1 is 1.00 bits per heavy atom. The number of anilines is 1. The third-order valence-corrected chi connectivity index (χ3v) is 7.30. The molecule has 3 aliphatic heterocycles. The maximum atomic E-state index is 13.3. The Hall–Kier alpha value is -3.29. The van der Waals surface area contributed by atoms with E-state index in [0.29, 0.717) is 22.9 Å². The summed E-state index contributed by atoms with van der Waals surface area (Å²) in [6.45, 7) is 1.90. The van der Waals surface area contributed by atoms with E-state index in [4.69, 9.17) is 16.7 Å². The van der Waals surface area contributed by atoms with Crippen LogP contribution < -0.4 is 10.9 Å². The number of carbonyl (C=O) groups excluding carboxylic acids is 1. The molecule has 0 spiro atoms. The summed E-state index contributed by atoms with van der Waals surface area (Å²) in [5, 5.41) is 5.44. The monoisotopic (exact) mass is 460 g/mol. The van der Waals surface area contributed by atoms with E-state index >= 15 is 0 Å². The van der Waals surface area contributed by atoms with Crippen LogP contribution in [0.1, 0.15) is 17.5 Å². The van der Waals surface area contributed by atoms with Gasteiger partial charge in [0, 0.05) is 36.3 Å². The lowest BCUT2D eigenvalue weighted by Gasteiger charge is -2.32. The van der Waals surface area contributed by atoms with E-state index in [-0.39, 0.29) is 12.5 Å². The van der Waals surface area contributed by atoms with Gasteiger partial charge in [0.1, 0.15) is 12.2 Å². The van der Waals surface area contributed by atoms with E-state index in [1.807, 2.05) is 65.6 Å². The van der Waals surface area contributed by atoms with Crippen LogP contribution in [0.4, 0.5) is 5.82 Å². The first-order valence-corrected chi connectivity index (χ1v) is 11.6. The minimum atomic E-state index is 0.0938. The molecule has 0 radical (unpaired) electrons. The Kier molecular flexibility index (Phi) is 4.89. The van der Waals surface area contributed by atoms with Crippen LogP contribution in [0.5, 0.6) is 0 Å². The Labute approximate surface area is 197 Å². The molecule has 0 unspecified atom stereocenters. The molecule has 3 aliphatic rings. The van der Waals surface area contributed by atoms with Crippen molar-refractivity contribution >= 4 is 34.1 Å². The molecule has 33 heavy (non-hydrogen) atoms. The molecule has 0 aliphatic carbocycles. The van der Waals surface area contributed by atoms with Gasteiger partial charge in [0.25, 0.3) is 0 Å². The number of nitrogens with zero attached hydrogens (tertiary/aromatic N) is 4. The maximum Gasteiger partial charge on any atom is 0.244 e. The smallest absolute Gasteiger partial charge is 0.244 e. The second kappa shape index (κ2) is 7.93. The molecule has 7 nitrogen and oxygen atoms in total. The van der Waals surface area contributed by atoms with Crippen LogP contribution in [0.2, 0.25) is 0 Å². The number of hydrogen-bond donors (Lipinski definition) is 2. The van der Waals surface area contributed by atoms with Gasteiger partial charge in [-0.15, -0.1) is 0 Å². The average molecular weight is 461 g/mol. The van der Waals surface area contributed by atoms with Gasteiger partial charge >= 0.3 is 0 Å². The number of fused-ring (bicyclic) bond motifs is 3. The van der Waals surface area contributed by atoms with Gasteiger partial charge in [-0.1, -0.05) is 72.3 Å². The van der Waals surface area contributed by atoms with Crippen molar-refractivity contribution in [3.8, 4) is 11.3 Å². The molecule has 2 bridgehead atoms. The molecule has 2 saturated heterocycles. The highest BCUT2D eigenvalue weighted by molar-refractivity contribution is 6.53. The summed E-state index contributed by atoms with van der Waals surface area (Å²) in [7, 11) is 2.14. The van der Waals surface area contributed by atoms with Crippen molar-refractivity contribution in [1.82, 2.24) is 25.0 Å². The summed E-state index contributed by atoms with van der Waals surface area (Å²) >= 11 is 6.97. The van der Waals surface area contributed by atoms with Crippen LogP contribution in [-0.4, -0.2) is 57.7 Å². The number of nitrogens with one attached hydrogen (secondary N) is 2. The lowest BCUT2D eigenvalue weighted by molar-refractivity contribution is -0.134. The predicted molar refractivity (Wildman–Crippen MR) is 130 cm³/mol. The Balaban J connectivity index is 1.40. The first-order valence-electron chi connectivity index (χ1n) is 11.2. The number of carbonyl (C=O) groups is 1. The number of halogens is 1. The zero-order valence-electron chi connectivity index (χ0n) is 18.3. The Morgan fingerprint density at radius 2 is 1.70 bits per heavy atom. The molecular weight excluding hydrogens is 436 g/mol. The lowest BCUT2D eigenvalue weighted by atomic mass is 10.0. The van der Waals surface area contributed by atoms with Crippen LogP contribution >= 0.6 is 11.6 Å². The summed E-state index contributed by atoms with van der Waals surface area (Å²) < 4.78 is 1.74. The van der Waals surface area contributed by atoms with Crippen molar-refractivity contribution in [3.05, 3.63) is 71.8 Å². The number of piperazine rings is 1. The van der Waals surface area contributed by atoms with Crippen molar-refractivity contribution in [2.24, 2.45) is 0 Å². The van der Waals surface area contributed by atoms with Crippen LogP contribution in [-0.2, 0) is 11.3 Å². The maximum absolute atomic E-state index is 13.3. The Bertz CT molecular complexity index is 1240. The molecule has 6 rings (SSSR count). The molecule has 2 N–H and O–H groups in total. The van der Waals surface area contributed by atoms with Gasteiger partial charge in [-0.25, -0.2) is 4.68 Å². The number of benzene rings is 2. The first-order chi connectivity index (χ1) is 16.1. The normalized spacial score (nSPS) is 21.7. The summed E-state index contributed by atoms with van der Waals surface area (Å²) in [6, 6.07) is 20.7. The zero-order valence-corrected chi connectivity index (χ0v) is 19.1. The third kappa shape index (κ3) is 3.39. The molecule has 3 aromatic rings. The van der Waals surface area contributed by atoms with Crippen molar-refractivity contribution in [2.45, 2.75) is 25.0 Å². The standard InChI is InChI=1S/C25H25ClN6O/c1-30-13-19-12-18(30)14-31(19)20(33)15-32-25-21(23(29-32)16-8-4-2-5-9-16)22(26)24(27-28-25)17-10-6-3-7-11-17/h2-11,18-19,27-28H,12-15H2,1H3/t18-,19-/m1/s1. The molecular formula is C25H25ClN6O. The van der Waals surface area contributed by atoms with Crippen molar-refractivity contribution < 1.29 is 4.79 Å². The minimum absolute atomic E-state index is 0.0938. The van der Waals surface area contributed by atoms with E-state index in [1.54, 1.807) is 4.68 Å². The van der Waals surface area contributed by atoms with Crippen LogP contribution in [0.25, 0.3) is 22.0 Å². The zero-order chi connectivity index (χ0) is 22.5. The fourth-order valence-corrected chi connectivity index (χ4v) is 5.54. The van der Waals surface area contributed by atoms with Crippen molar-refractivity contribution in [1.29, 1.82) is 0 Å². The fourth-order valence-electron chi connectivity index (χ4n) is 5.20. The SMILES string of the molecule is CN1C[C@H]2C[C@@H]1CN2C(=O)Cn1nc(-c2ccccc2)c2c1NNC(c1ccccc1)=C2Cl. The van der Waals surface area contributed by atoms with E-state index < -0.39 is 0 Å². The summed E-state index contributed by atoms with van der Waals surface area (Å²) in [4.78, 5) is 17.6. The quantitative estimate of drug-likeness (QED) is 0.624. The fraction of sp³-hybridized carbons (Fsp3) is 0.280. The van der Waals surface area contributed by atoms with Gasteiger partial charge in [0.2, 0.25) is 5.91 Å². The van der Waals surface area contributed by atoms with Crippen LogP contribution in [0, 0.1) is 0 Å². The number of hydrogen-bond acceptors (Lipinski definition) is 5. The Morgan fingerprint density at radius 3 is 2.33 bits per heavy atom. The first kappa shape index (κ1) is 20.3. The van der Waals surface area contributed by atoms with Gasteiger partial charge in [-0.3, -0.25) is 20.5 Å². The molecule has 2 aromatic carbocycles. The molecule has 4 heterocycles. The third-order valence-electron chi connectivity index (χ3n) is 6.93. The van der Waals surface area contributed by atoms with Gasteiger partial charge in [-0.2, -0.15) is 5.10 Å². The lowest BCUT2D eigenvalue weighted by Crippen LogP contribution is -2.48. The highest BCUT2D eigenvalue weighted by atomic mass is 35.5. The van der Waals surface area contributed by atoms with Crippen LogP contribution in [0.3, 0.4) is 0 Å². The molecule has 2 fully saturated rings. The topological polar surface area (TPSA) is 65.4 Å². The van der Waals surface area contributed by atoms with E-state index in [9.17, 15) is 4.79 Å². The van der Waals surface area contributed by atoms with Gasteiger partial charge in [-0.05, 0) is 13.5 Å². The second-order valence-corrected chi connectivity index (χ2v) is 9.31. The highest BCUT2D eigenvalue weighted by Crippen LogP contribution is 2.42. The van der Waals surface area contributed by atoms with Gasteiger partial charge < -0.3 is 4.90 Å². The number of rotatable bonds is 4. The van der Waals surface area contributed by atoms with Gasteiger partial charge in [0.15, 0.2) is 5.82 Å². The number of likely N-dealkylation sites (N-methyl/N-ethyl adjacent to an activating group) is 1. The largest absolute Gasteiger partial charge is 0.335 e. The van der Waals surface area contributed by atoms with Crippen LogP contribution in [0.15, 0.2) is 60.7 Å².